The number of carbonyl (C=O) groups excluding carboxylic acids is 1. The number of methoxy groups -OCH3 is 1. The first-order valence-electron chi connectivity index (χ1n) is 9.02. The summed E-state index contributed by atoms with van der Waals surface area (Å²) in [6.07, 6.45) is 0.0870. The Morgan fingerprint density at radius 1 is 1.30 bits per heavy atom. The quantitative estimate of drug-likeness (QED) is 0.628. The summed E-state index contributed by atoms with van der Waals surface area (Å²) in [5, 5.41) is 7.80. The molecule has 0 aromatic carbocycles. The van der Waals surface area contributed by atoms with E-state index in [1.165, 1.54) is 25.6 Å². The van der Waals surface area contributed by atoms with Crippen molar-refractivity contribution in [1.29, 1.82) is 0 Å². The largest absolute Gasteiger partial charge is 0.491 e. The van der Waals surface area contributed by atoms with Crippen molar-refractivity contribution in [3.63, 3.8) is 0 Å². The number of ether oxygens (including phenoxy) is 2. The number of hydrogen-bond acceptors (Lipinski definition) is 6. The van der Waals surface area contributed by atoms with Crippen molar-refractivity contribution in [3.05, 3.63) is 42.0 Å². The zero-order valence-corrected chi connectivity index (χ0v) is 16.5. The van der Waals surface area contributed by atoms with Crippen molar-refractivity contribution >= 4 is 16.8 Å². The Bertz CT molecular complexity index is 1050. The third-order valence-electron chi connectivity index (χ3n) is 3.93. The number of nitrogens with zero attached hydrogens (tertiary/aromatic N) is 4. The molecule has 160 valence electrons. The molecule has 0 radical (unpaired) electrons. The zero-order chi connectivity index (χ0) is 21.9. The highest BCUT2D eigenvalue weighted by molar-refractivity contribution is 6.04. The van der Waals surface area contributed by atoms with Gasteiger partial charge in [0.15, 0.2) is 12.4 Å². The predicted molar refractivity (Wildman–Crippen MR) is 102 cm³/mol. The Balaban J connectivity index is 1.83. The van der Waals surface area contributed by atoms with E-state index in [0.29, 0.717) is 16.5 Å². The van der Waals surface area contributed by atoms with Crippen LogP contribution in [0.5, 0.6) is 11.6 Å². The lowest BCUT2D eigenvalue weighted by molar-refractivity contribution is -0.154. The number of pyridine rings is 2. The van der Waals surface area contributed by atoms with Crippen LogP contribution in [0.15, 0.2) is 30.7 Å². The molecule has 30 heavy (non-hydrogen) atoms. The molecule has 3 rings (SSSR count). The van der Waals surface area contributed by atoms with E-state index in [9.17, 15) is 18.0 Å². The molecule has 0 aliphatic heterocycles. The Morgan fingerprint density at radius 2 is 2.07 bits per heavy atom. The molecule has 0 saturated carbocycles. The summed E-state index contributed by atoms with van der Waals surface area (Å²) in [7, 11) is 1.31. The number of rotatable bonds is 7. The third kappa shape index (κ3) is 5.16. The van der Waals surface area contributed by atoms with Crippen molar-refractivity contribution in [2.24, 2.45) is 0 Å². The van der Waals surface area contributed by atoms with Gasteiger partial charge in [-0.3, -0.25) is 14.5 Å². The lowest BCUT2D eigenvalue weighted by atomic mass is 10.2. The number of amides is 1. The molecular formula is C19H20F3N5O3. The SMILES string of the molecule is COc1cc(Cn2cc3c(C(=O)NC(C)C)nccc3n2)cnc1OCC(F)(F)F. The van der Waals surface area contributed by atoms with Crippen LogP contribution in [0, 0.1) is 0 Å². The maximum atomic E-state index is 12.4. The van der Waals surface area contributed by atoms with Gasteiger partial charge in [-0.15, -0.1) is 0 Å². The Morgan fingerprint density at radius 3 is 2.73 bits per heavy atom. The van der Waals surface area contributed by atoms with Gasteiger partial charge in [0.05, 0.1) is 24.6 Å². The highest BCUT2D eigenvalue weighted by Crippen LogP contribution is 2.27. The minimum atomic E-state index is -4.48. The van der Waals surface area contributed by atoms with Gasteiger partial charge in [0.25, 0.3) is 11.8 Å². The molecule has 0 spiro atoms. The van der Waals surface area contributed by atoms with Gasteiger partial charge in [-0.1, -0.05) is 0 Å². The third-order valence-corrected chi connectivity index (χ3v) is 3.93. The molecular weight excluding hydrogens is 403 g/mol. The lowest BCUT2D eigenvalue weighted by Gasteiger charge is -2.12. The summed E-state index contributed by atoms with van der Waals surface area (Å²) < 4.78 is 48.5. The van der Waals surface area contributed by atoms with Gasteiger partial charge in [-0.05, 0) is 31.5 Å². The van der Waals surface area contributed by atoms with Crippen LogP contribution in [-0.2, 0) is 6.54 Å². The first kappa shape index (κ1) is 21.3. The fourth-order valence-corrected chi connectivity index (χ4v) is 2.74. The van der Waals surface area contributed by atoms with Crippen molar-refractivity contribution < 1.29 is 27.4 Å². The lowest BCUT2D eigenvalue weighted by Crippen LogP contribution is -2.30. The molecule has 0 fully saturated rings. The van der Waals surface area contributed by atoms with Gasteiger partial charge in [-0.2, -0.15) is 18.3 Å². The van der Waals surface area contributed by atoms with Crippen LogP contribution in [0.1, 0.15) is 29.9 Å². The summed E-state index contributed by atoms with van der Waals surface area (Å²) in [5.74, 6) is -0.474. The molecule has 0 aliphatic rings. The fourth-order valence-electron chi connectivity index (χ4n) is 2.74. The maximum Gasteiger partial charge on any atom is 0.422 e. The van der Waals surface area contributed by atoms with Crippen molar-refractivity contribution in [1.82, 2.24) is 25.1 Å². The van der Waals surface area contributed by atoms with Crippen LogP contribution in [0.25, 0.3) is 10.9 Å². The summed E-state index contributed by atoms with van der Waals surface area (Å²) in [5.41, 5.74) is 1.48. The molecule has 1 N–H and O–H groups in total. The van der Waals surface area contributed by atoms with Crippen LogP contribution in [0.4, 0.5) is 13.2 Å². The Kier molecular flexibility index (Phi) is 6.09. The number of aromatic nitrogens is 4. The van der Waals surface area contributed by atoms with Crippen molar-refractivity contribution in [3.8, 4) is 11.6 Å². The van der Waals surface area contributed by atoms with E-state index in [1.54, 1.807) is 16.9 Å². The number of fused-ring (bicyclic) bond motifs is 1. The molecule has 0 atom stereocenters. The van der Waals surface area contributed by atoms with E-state index >= 15 is 0 Å². The molecule has 0 aliphatic carbocycles. The second kappa shape index (κ2) is 8.56. The number of hydrogen-bond donors (Lipinski definition) is 1. The van der Waals surface area contributed by atoms with Crippen LogP contribution in [-0.4, -0.2) is 51.6 Å². The van der Waals surface area contributed by atoms with Crippen LogP contribution >= 0.6 is 0 Å². The predicted octanol–water partition coefficient (Wildman–Crippen LogP) is 2.96. The number of nitrogens with one attached hydrogen (secondary N) is 1. The number of alkyl halides is 3. The summed E-state index contributed by atoms with van der Waals surface area (Å²) in [6.45, 7) is 2.49. The standard InChI is InChI=1S/C19H20F3N5O3/c1-11(2)25-17(28)16-13-9-27(26-14(13)4-5-23-16)8-12-6-15(29-3)18(24-7-12)30-10-19(20,21)22/h4-7,9,11H,8,10H2,1-3H3,(H,25,28). The van der Waals surface area contributed by atoms with Gasteiger partial charge in [0, 0.05) is 24.6 Å². The fraction of sp³-hybridized carbons (Fsp3) is 0.368. The average molecular weight is 423 g/mol. The zero-order valence-electron chi connectivity index (χ0n) is 16.5. The van der Waals surface area contributed by atoms with E-state index in [0.717, 1.165) is 0 Å². The first-order chi connectivity index (χ1) is 14.2. The minimum absolute atomic E-state index is 0.0405. The first-order valence-corrected chi connectivity index (χ1v) is 9.02. The van der Waals surface area contributed by atoms with E-state index in [4.69, 9.17) is 4.74 Å². The Labute approximate surface area is 170 Å². The normalized spacial score (nSPS) is 11.7. The van der Waals surface area contributed by atoms with Crippen LogP contribution in [0.3, 0.4) is 0 Å². The Hall–Kier alpha value is -3.37. The second-order valence-corrected chi connectivity index (χ2v) is 6.80. The van der Waals surface area contributed by atoms with Crippen molar-refractivity contribution in [2.75, 3.05) is 13.7 Å². The second-order valence-electron chi connectivity index (χ2n) is 6.80. The highest BCUT2D eigenvalue weighted by atomic mass is 19.4. The average Bonchev–Trinajstić information content (AvgIpc) is 3.07. The molecule has 0 saturated heterocycles. The molecule has 3 heterocycles. The number of carbonyl (C=O) groups is 1. The summed E-state index contributed by atoms with van der Waals surface area (Å²) in [6, 6.07) is 3.17. The highest BCUT2D eigenvalue weighted by Gasteiger charge is 2.29. The van der Waals surface area contributed by atoms with Gasteiger partial charge < -0.3 is 14.8 Å². The summed E-state index contributed by atoms with van der Waals surface area (Å²) in [4.78, 5) is 20.4. The molecule has 0 unspecified atom stereocenters. The topological polar surface area (TPSA) is 91.2 Å². The van der Waals surface area contributed by atoms with E-state index in [-0.39, 0.29) is 35.8 Å². The molecule has 11 heteroatoms. The number of halogens is 3. The van der Waals surface area contributed by atoms with Gasteiger partial charge in [0.2, 0.25) is 0 Å². The molecule has 8 nitrogen and oxygen atoms in total. The van der Waals surface area contributed by atoms with Gasteiger partial charge >= 0.3 is 6.18 Å². The van der Waals surface area contributed by atoms with E-state index in [2.05, 4.69) is 25.1 Å². The van der Waals surface area contributed by atoms with E-state index in [1.807, 2.05) is 13.8 Å². The van der Waals surface area contributed by atoms with Gasteiger partial charge in [0.1, 0.15) is 5.69 Å². The molecule has 1 amide bonds. The smallest absolute Gasteiger partial charge is 0.422 e. The van der Waals surface area contributed by atoms with Crippen molar-refractivity contribution in [2.45, 2.75) is 32.6 Å². The molecule has 3 aromatic rings. The summed E-state index contributed by atoms with van der Waals surface area (Å²) >= 11 is 0. The van der Waals surface area contributed by atoms with Crippen LogP contribution < -0.4 is 14.8 Å². The van der Waals surface area contributed by atoms with Gasteiger partial charge in [-0.25, -0.2) is 4.98 Å². The maximum absolute atomic E-state index is 12.4. The minimum Gasteiger partial charge on any atom is -0.491 e. The van der Waals surface area contributed by atoms with E-state index < -0.39 is 12.8 Å². The monoisotopic (exact) mass is 423 g/mol. The molecule has 3 aromatic heterocycles. The van der Waals surface area contributed by atoms with Crippen LogP contribution in [0.2, 0.25) is 0 Å². The molecule has 0 bridgehead atoms.